The van der Waals surface area contributed by atoms with Crippen LogP contribution in [0.25, 0.3) is 0 Å². The zero-order valence-electron chi connectivity index (χ0n) is 11.0. The number of pyridine rings is 1. The Labute approximate surface area is 124 Å². The summed E-state index contributed by atoms with van der Waals surface area (Å²) in [5.41, 5.74) is 1.76. The minimum Gasteiger partial charge on any atom is -0.321 e. The van der Waals surface area contributed by atoms with E-state index in [-0.39, 0.29) is 5.78 Å². The van der Waals surface area contributed by atoms with Gasteiger partial charge in [-0.05, 0) is 41.9 Å². The molecule has 0 bridgehead atoms. The van der Waals surface area contributed by atoms with Gasteiger partial charge in [0.05, 0.1) is 16.8 Å². The maximum Gasteiger partial charge on any atom is 0.190 e. The molecule has 2 aromatic heterocycles. The van der Waals surface area contributed by atoms with Crippen molar-refractivity contribution in [1.29, 1.82) is 0 Å². The molecule has 0 fully saturated rings. The van der Waals surface area contributed by atoms with Crippen molar-refractivity contribution in [2.24, 2.45) is 4.99 Å². The fourth-order valence-corrected chi connectivity index (χ4v) is 3.16. The summed E-state index contributed by atoms with van der Waals surface area (Å²) in [5.74, 6) is 0.0834. The Bertz CT molecular complexity index is 670. The van der Waals surface area contributed by atoms with Crippen molar-refractivity contribution in [2.75, 3.05) is 0 Å². The maximum absolute atomic E-state index is 11.6. The van der Waals surface area contributed by atoms with E-state index in [1.807, 2.05) is 30.5 Å². The van der Waals surface area contributed by atoms with Crippen molar-refractivity contribution in [3.05, 3.63) is 38.3 Å². The maximum atomic E-state index is 11.6. The average Bonchev–Trinajstić information content (AvgIpc) is 2.68. The lowest BCUT2D eigenvalue weighted by Gasteiger charge is -2.01. The number of carbonyl (C=O) groups is 1. The molecule has 0 spiro atoms. The zero-order valence-corrected chi connectivity index (χ0v) is 13.4. The first-order valence-electron chi connectivity index (χ1n) is 5.90. The standard InChI is InChI=1S/C13H14BrN3OS/c1-4-17-8(2)12(9(3)18)19-13(17)16-10-5-6-11(14)15-7-10/h5-7H,4H2,1-3H3. The number of ketones is 1. The summed E-state index contributed by atoms with van der Waals surface area (Å²) < 4.78 is 2.82. The molecule has 0 aromatic carbocycles. The van der Waals surface area contributed by atoms with E-state index in [2.05, 4.69) is 25.9 Å². The van der Waals surface area contributed by atoms with Crippen LogP contribution in [0.3, 0.4) is 0 Å². The highest BCUT2D eigenvalue weighted by Gasteiger charge is 2.12. The van der Waals surface area contributed by atoms with E-state index < -0.39 is 0 Å². The normalized spacial score (nSPS) is 11.9. The van der Waals surface area contributed by atoms with Gasteiger partial charge in [-0.3, -0.25) is 4.79 Å². The first kappa shape index (κ1) is 14.1. The van der Waals surface area contributed by atoms with Gasteiger partial charge in [0.15, 0.2) is 10.6 Å². The molecular formula is C13H14BrN3OS. The molecule has 0 N–H and O–H groups in total. The molecule has 2 aromatic rings. The van der Waals surface area contributed by atoms with Crippen LogP contribution in [-0.4, -0.2) is 15.3 Å². The van der Waals surface area contributed by atoms with Gasteiger partial charge in [0.25, 0.3) is 0 Å². The lowest BCUT2D eigenvalue weighted by molar-refractivity contribution is 0.102. The van der Waals surface area contributed by atoms with E-state index in [9.17, 15) is 4.79 Å². The molecule has 0 aliphatic carbocycles. The van der Waals surface area contributed by atoms with Gasteiger partial charge in [-0.25, -0.2) is 9.98 Å². The number of rotatable bonds is 3. The summed E-state index contributed by atoms with van der Waals surface area (Å²) in [4.78, 5) is 21.9. The third-order valence-corrected chi connectivity index (χ3v) is 4.48. The Morgan fingerprint density at radius 3 is 2.79 bits per heavy atom. The van der Waals surface area contributed by atoms with Crippen molar-refractivity contribution in [1.82, 2.24) is 9.55 Å². The van der Waals surface area contributed by atoms with Gasteiger partial charge >= 0.3 is 0 Å². The smallest absolute Gasteiger partial charge is 0.190 e. The second kappa shape index (κ2) is 5.79. The second-order valence-corrected chi connectivity index (χ2v) is 5.84. The highest BCUT2D eigenvalue weighted by molar-refractivity contribution is 9.10. The Morgan fingerprint density at radius 1 is 1.53 bits per heavy atom. The van der Waals surface area contributed by atoms with E-state index in [0.717, 1.165) is 32.2 Å². The van der Waals surface area contributed by atoms with Crippen LogP contribution in [0.4, 0.5) is 5.69 Å². The van der Waals surface area contributed by atoms with E-state index in [4.69, 9.17) is 0 Å². The van der Waals surface area contributed by atoms with Crippen LogP contribution >= 0.6 is 27.3 Å². The second-order valence-electron chi connectivity index (χ2n) is 4.05. The van der Waals surface area contributed by atoms with Gasteiger partial charge in [0.2, 0.25) is 0 Å². The van der Waals surface area contributed by atoms with Crippen LogP contribution in [-0.2, 0) is 6.54 Å². The SMILES string of the molecule is CCn1c(C)c(C(C)=O)sc1=Nc1ccc(Br)nc1. The summed E-state index contributed by atoms with van der Waals surface area (Å²) in [6.45, 7) is 6.38. The van der Waals surface area contributed by atoms with E-state index in [0.29, 0.717) is 0 Å². The first-order valence-corrected chi connectivity index (χ1v) is 7.51. The minimum absolute atomic E-state index is 0.0834. The lowest BCUT2D eigenvalue weighted by Crippen LogP contribution is -2.14. The Hall–Kier alpha value is -1.27. The highest BCUT2D eigenvalue weighted by atomic mass is 79.9. The largest absolute Gasteiger partial charge is 0.321 e. The number of thiazole rings is 1. The summed E-state index contributed by atoms with van der Waals surface area (Å²) >= 11 is 4.72. The molecule has 6 heteroatoms. The number of aromatic nitrogens is 2. The number of Topliss-reactive ketones (excluding diaryl/α,β-unsaturated/α-hetero) is 1. The van der Waals surface area contributed by atoms with Crippen LogP contribution in [0.1, 0.15) is 29.2 Å². The molecule has 19 heavy (non-hydrogen) atoms. The topological polar surface area (TPSA) is 47.2 Å². The van der Waals surface area contributed by atoms with Gasteiger partial charge in [-0.2, -0.15) is 0 Å². The molecular weight excluding hydrogens is 326 g/mol. The molecule has 0 unspecified atom stereocenters. The Morgan fingerprint density at radius 2 is 2.26 bits per heavy atom. The predicted octanol–water partition coefficient (Wildman–Crippen LogP) is 3.47. The Kier molecular flexibility index (Phi) is 4.31. The Balaban J connectivity index is 2.58. The molecule has 0 atom stereocenters. The predicted molar refractivity (Wildman–Crippen MR) is 79.9 cm³/mol. The number of halogens is 1. The van der Waals surface area contributed by atoms with Crippen LogP contribution < -0.4 is 4.80 Å². The van der Waals surface area contributed by atoms with Crippen LogP contribution in [0.5, 0.6) is 0 Å². The van der Waals surface area contributed by atoms with E-state index in [1.54, 1.807) is 13.1 Å². The van der Waals surface area contributed by atoms with Crippen LogP contribution in [0.15, 0.2) is 27.9 Å². The van der Waals surface area contributed by atoms with E-state index in [1.165, 1.54) is 11.3 Å². The van der Waals surface area contributed by atoms with Gasteiger partial charge in [0.1, 0.15) is 4.60 Å². The number of carbonyl (C=O) groups excluding carboxylic acids is 1. The fraction of sp³-hybridized carbons (Fsp3) is 0.308. The van der Waals surface area contributed by atoms with Crippen molar-refractivity contribution < 1.29 is 4.79 Å². The minimum atomic E-state index is 0.0834. The van der Waals surface area contributed by atoms with Gasteiger partial charge < -0.3 is 4.57 Å². The number of hydrogen-bond donors (Lipinski definition) is 0. The van der Waals surface area contributed by atoms with Crippen molar-refractivity contribution in [3.8, 4) is 0 Å². The molecule has 2 heterocycles. The molecule has 4 nitrogen and oxygen atoms in total. The molecule has 100 valence electrons. The summed E-state index contributed by atoms with van der Waals surface area (Å²) in [6.07, 6.45) is 1.70. The average molecular weight is 340 g/mol. The summed E-state index contributed by atoms with van der Waals surface area (Å²) in [6, 6.07) is 3.74. The third-order valence-electron chi connectivity index (χ3n) is 2.73. The van der Waals surface area contributed by atoms with Crippen molar-refractivity contribution >= 4 is 38.7 Å². The van der Waals surface area contributed by atoms with Gasteiger partial charge in [-0.1, -0.05) is 11.3 Å². The van der Waals surface area contributed by atoms with Crippen LogP contribution in [0, 0.1) is 6.92 Å². The quantitative estimate of drug-likeness (QED) is 0.634. The van der Waals surface area contributed by atoms with Crippen LogP contribution in [0.2, 0.25) is 0 Å². The molecule has 0 radical (unpaired) electrons. The van der Waals surface area contributed by atoms with E-state index >= 15 is 0 Å². The third kappa shape index (κ3) is 3.01. The number of hydrogen-bond acceptors (Lipinski definition) is 4. The molecule has 0 amide bonds. The zero-order chi connectivity index (χ0) is 14.0. The van der Waals surface area contributed by atoms with Crippen molar-refractivity contribution in [3.63, 3.8) is 0 Å². The van der Waals surface area contributed by atoms with Gasteiger partial charge in [-0.15, -0.1) is 0 Å². The summed E-state index contributed by atoms with van der Waals surface area (Å²) in [7, 11) is 0. The molecule has 0 aliphatic rings. The molecule has 2 rings (SSSR count). The van der Waals surface area contributed by atoms with Gasteiger partial charge in [0, 0.05) is 19.2 Å². The molecule has 0 saturated heterocycles. The highest BCUT2D eigenvalue weighted by Crippen LogP contribution is 2.16. The monoisotopic (exact) mass is 339 g/mol. The lowest BCUT2D eigenvalue weighted by atomic mass is 10.3. The fourth-order valence-electron chi connectivity index (χ4n) is 1.81. The number of nitrogens with zero attached hydrogens (tertiary/aromatic N) is 3. The molecule has 0 saturated carbocycles. The van der Waals surface area contributed by atoms with Crippen molar-refractivity contribution in [2.45, 2.75) is 27.3 Å². The molecule has 0 aliphatic heterocycles. The summed E-state index contributed by atoms with van der Waals surface area (Å²) in [5, 5.41) is 0. The first-order chi connectivity index (χ1) is 9.02.